The maximum Gasteiger partial charge on any atom is 0.410 e. The van der Waals surface area contributed by atoms with Gasteiger partial charge in [-0.25, -0.2) is 4.79 Å². The molecule has 10 nitrogen and oxygen atoms in total. The first-order chi connectivity index (χ1) is 17.8. The molecule has 2 amide bonds. The molecule has 2 aliphatic heterocycles. The number of nitrogens with zero attached hydrogens (tertiary/aromatic N) is 1. The van der Waals surface area contributed by atoms with Crippen LogP contribution in [0.4, 0.5) is 9.18 Å². The van der Waals surface area contributed by atoms with E-state index in [1.165, 1.54) is 11.8 Å². The molecule has 1 saturated carbocycles. The molecule has 11 heteroatoms. The summed E-state index contributed by atoms with van der Waals surface area (Å²) in [6.07, 6.45) is -1.99. The van der Waals surface area contributed by atoms with Crippen molar-refractivity contribution in [3.63, 3.8) is 0 Å². The van der Waals surface area contributed by atoms with Gasteiger partial charge >= 0.3 is 6.09 Å². The Morgan fingerprint density at radius 2 is 1.87 bits per heavy atom. The van der Waals surface area contributed by atoms with Gasteiger partial charge in [0.15, 0.2) is 0 Å². The molecule has 0 radical (unpaired) electrons. The van der Waals surface area contributed by atoms with E-state index in [0.717, 1.165) is 18.4 Å². The van der Waals surface area contributed by atoms with E-state index in [2.05, 4.69) is 5.32 Å². The summed E-state index contributed by atoms with van der Waals surface area (Å²) >= 11 is 0. The van der Waals surface area contributed by atoms with Gasteiger partial charge in [-0.3, -0.25) is 14.1 Å². The Balaban J connectivity index is 1.80. The molecule has 8 atom stereocenters. The molecule has 0 aromatic rings. The van der Waals surface area contributed by atoms with Gasteiger partial charge in [-0.15, -0.1) is 0 Å². The lowest BCUT2D eigenvalue weighted by Gasteiger charge is -2.45. The first kappa shape index (κ1) is 30.7. The number of carbonyl (C=O) groups excluding carboxylic acids is 2. The van der Waals surface area contributed by atoms with Crippen molar-refractivity contribution in [2.45, 2.75) is 127 Å². The van der Waals surface area contributed by atoms with Crippen LogP contribution in [0.2, 0.25) is 0 Å². The normalized spacial score (nSPS) is 32.1. The van der Waals surface area contributed by atoms with Crippen molar-refractivity contribution in [1.82, 2.24) is 10.2 Å². The summed E-state index contributed by atoms with van der Waals surface area (Å²) < 4.78 is 24.1. The first-order valence-electron chi connectivity index (χ1n) is 13.8. The van der Waals surface area contributed by atoms with Crippen molar-refractivity contribution in [1.29, 1.82) is 0 Å². The number of alkyl halides is 1. The number of unbranched alkanes of at least 4 members (excludes halogenated alkanes) is 1. The summed E-state index contributed by atoms with van der Waals surface area (Å²) in [5.74, 6) is -0.534. The van der Waals surface area contributed by atoms with Crippen molar-refractivity contribution in [3.05, 3.63) is 11.6 Å². The second-order valence-corrected chi connectivity index (χ2v) is 11.8. The molecule has 2 heterocycles. The van der Waals surface area contributed by atoms with E-state index in [-0.39, 0.29) is 18.9 Å². The lowest BCUT2D eigenvalue weighted by molar-refractivity contribution is -0.238. The molecule has 3 aliphatic rings. The van der Waals surface area contributed by atoms with E-state index >= 15 is 0 Å². The summed E-state index contributed by atoms with van der Waals surface area (Å²) in [5, 5.41) is 44.9. The van der Waals surface area contributed by atoms with Gasteiger partial charge in [0, 0.05) is 6.54 Å². The van der Waals surface area contributed by atoms with Crippen LogP contribution in [0.25, 0.3) is 0 Å². The van der Waals surface area contributed by atoms with Crippen LogP contribution in [0.3, 0.4) is 0 Å². The minimum atomic E-state index is -1.54. The third-order valence-electron chi connectivity index (χ3n) is 7.45. The highest BCUT2D eigenvalue weighted by molar-refractivity contribution is 5.86. The number of carbonyl (C=O) groups is 2. The highest BCUT2D eigenvalue weighted by Crippen LogP contribution is 2.40. The van der Waals surface area contributed by atoms with Crippen LogP contribution >= 0.6 is 0 Å². The van der Waals surface area contributed by atoms with Gasteiger partial charge < -0.3 is 35.2 Å². The van der Waals surface area contributed by atoms with Gasteiger partial charge in [-0.2, -0.15) is 0 Å². The smallest absolute Gasteiger partial charge is 0.410 e. The topological polar surface area (TPSA) is 149 Å². The molecule has 0 bridgehead atoms. The molecule has 3 rings (SSSR count). The van der Waals surface area contributed by atoms with Crippen molar-refractivity contribution in [2.24, 2.45) is 5.92 Å². The fourth-order valence-corrected chi connectivity index (χ4v) is 5.17. The third kappa shape index (κ3) is 7.88. The van der Waals surface area contributed by atoms with Gasteiger partial charge in [-0.05, 0) is 78.6 Å². The van der Waals surface area contributed by atoms with E-state index in [9.17, 15) is 34.4 Å². The Labute approximate surface area is 224 Å². The Bertz CT molecular complexity index is 843. The van der Waals surface area contributed by atoms with E-state index in [1.54, 1.807) is 20.8 Å². The van der Waals surface area contributed by atoms with Gasteiger partial charge in [-0.1, -0.05) is 11.6 Å². The van der Waals surface area contributed by atoms with E-state index in [0.29, 0.717) is 25.7 Å². The molecular weight excluding hydrogens is 499 g/mol. The maximum absolute atomic E-state index is 13.6. The predicted octanol–water partition coefficient (Wildman–Crippen LogP) is 1.58. The Hall–Kier alpha value is -1.79. The molecule has 2 fully saturated rings. The number of aliphatic hydroxyl groups excluding tert-OH is 4. The van der Waals surface area contributed by atoms with E-state index in [4.69, 9.17) is 9.47 Å². The summed E-state index contributed by atoms with van der Waals surface area (Å²) in [6, 6.07) is -2.07. The molecular formula is C27H45FN2O8. The fourth-order valence-electron chi connectivity index (χ4n) is 5.17. The summed E-state index contributed by atoms with van der Waals surface area (Å²) in [4.78, 5) is 28.1. The number of rotatable bonds is 9. The minimum Gasteiger partial charge on any atom is -0.444 e. The lowest BCUT2D eigenvalue weighted by Crippen LogP contribution is -2.66. The number of amides is 2. The van der Waals surface area contributed by atoms with Crippen molar-refractivity contribution < 1.29 is 43.9 Å². The molecule has 5 N–H and O–H groups in total. The highest BCUT2D eigenvalue weighted by atomic mass is 19.1. The zero-order valence-corrected chi connectivity index (χ0v) is 22.9. The lowest BCUT2D eigenvalue weighted by atomic mass is 9.87. The molecule has 0 aromatic heterocycles. The van der Waals surface area contributed by atoms with Crippen LogP contribution in [0.5, 0.6) is 0 Å². The largest absolute Gasteiger partial charge is 0.444 e. The highest BCUT2D eigenvalue weighted by Gasteiger charge is 2.52. The summed E-state index contributed by atoms with van der Waals surface area (Å²) in [7, 11) is 0. The number of aliphatic hydroxyl groups is 4. The standard InChI is InChI=1S/C27H45FN2O8/c1-15(31)19(24-22(34)20(32)21(33)23(37-24)17-9-10-17)29-25(35)18-11-8-16(7-5-6-13-28)12-14-30(18)26(36)38-27(2,3)4/h8,15,17-24,31-34H,5-7,9-14H2,1-4H3,(H,29,35)/t15-,18+,19-,20?,21-,22?,23?,24-/m1/s1. The maximum atomic E-state index is 13.6. The Morgan fingerprint density at radius 1 is 1.18 bits per heavy atom. The zero-order chi connectivity index (χ0) is 28.2. The monoisotopic (exact) mass is 544 g/mol. The SMILES string of the molecule is C[C@@H](O)[C@@H](NC(=O)[C@@H]1CC=C(CCCCF)CCN1C(=O)OC(C)(C)C)[C@H]1OC(C2CC2)[C@H](O)C(O)C1O. The van der Waals surface area contributed by atoms with Crippen LogP contribution in [0, 0.1) is 5.92 Å². The van der Waals surface area contributed by atoms with E-state index < -0.39 is 73.0 Å². The van der Waals surface area contributed by atoms with Gasteiger partial charge in [0.25, 0.3) is 0 Å². The molecule has 3 unspecified atom stereocenters. The molecule has 1 saturated heterocycles. The first-order valence-corrected chi connectivity index (χ1v) is 13.8. The molecule has 218 valence electrons. The van der Waals surface area contributed by atoms with Gasteiger partial charge in [0.2, 0.25) is 5.91 Å². The van der Waals surface area contributed by atoms with Crippen LogP contribution in [0.15, 0.2) is 11.6 Å². The average molecular weight is 545 g/mol. The number of halogens is 1. The second-order valence-electron chi connectivity index (χ2n) is 11.8. The molecule has 0 spiro atoms. The molecule has 0 aromatic carbocycles. The Kier molecular flexibility index (Phi) is 10.6. The number of hydrogen-bond acceptors (Lipinski definition) is 8. The molecule has 1 aliphatic carbocycles. The number of hydrogen-bond donors (Lipinski definition) is 5. The van der Waals surface area contributed by atoms with Crippen LogP contribution < -0.4 is 5.32 Å². The number of ether oxygens (including phenoxy) is 2. The quantitative estimate of drug-likeness (QED) is 0.217. The molecule has 38 heavy (non-hydrogen) atoms. The number of nitrogens with one attached hydrogen (secondary N) is 1. The predicted molar refractivity (Wildman–Crippen MR) is 137 cm³/mol. The third-order valence-corrected chi connectivity index (χ3v) is 7.45. The van der Waals surface area contributed by atoms with E-state index in [1.807, 2.05) is 6.08 Å². The summed E-state index contributed by atoms with van der Waals surface area (Å²) in [5.41, 5.74) is 0.253. The van der Waals surface area contributed by atoms with Crippen molar-refractivity contribution in [3.8, 4) is 0 Å². The van der Waals surface area contributed by atoms with Crippen LogP contribution in [0.1, 0.15) is 72.6 Å². The van der Waals surface area contributed by atoms with Crippen LogP contribution in [-0.2, 0) is 14.3 Å². The second kappa shape index (κ2) is 13.0. The van der Waals surface area contributed by atoms with Crippen molar-refractivity contribution >= 4 is 12.0 Å². The Morgan fingerprint density at radius 3 is 2.45 bits per heavy atom. The van der Waals surface area contributed by atoms with Gasteiger partial charge in [0.1, 0.15) is 36.1 Å². The zero-order valence-electron chi connectivity index (χ0n) is 22.9. The minimum absolute atomic E-state index is 0.0328. The van der Waals surface area contributed by atoms with Crippen molar-refractivity contribution in [2.75, 3.05) is 13.2 Å². The average Bonchev–Trinajstić information content (AvgIpc) is 3.68. The van der Waals surface area contributed by atoms with Gasteiger partial charge in [0.05, 0.1) is 24.9 Å². The fraction of sp³-hybridized carbons (Fsp3) is 0.852. The van der Waals surface area contributed by atoms with Crippen LogP contribution in [-0.4, -0.2) is 105 Å². The summed E-state index contributed by atoms with van der Waals surface area (Å²) in [6.45, 7) is 6.47.